The van der Waals surface area contributed by atoms with Crippen molar-refractivity contribution in [1.82, 2.24) is 5.32 Å². The Labute approximate surface area is 92.9 Å². The average Bonchev–Trinajstić information content (AvgIpc) is 2.79. The molecule has 1 fully saturated rings. The zero-order valence-electron chi connectivity index (χ0n) is 8.48. The van der Waals surface area contributed by atoms with Crippen LogP contribution in [0.5, 0.6) is 0 Å². The molecule has 1 atom stereocenters. The molecule has 0 aliphatic carbocycles. The smallest absolute Gasteiger partial charge is 0.233 e. The largest absolute Gasteiger partial charge is 0.394 e. The first-order valence-electron chi connectivity index (χ1n) is 4.93. The van der Waals surface area contributed by atoms with Crippen molar-refractivity contribution in [1.29, 1.82) is 0 Å². The lowest BCUT2D eigenvalue weighted by Crippen LogP contribution is -2.58. The number of aliphatic hydroxyl groups excluding tert-OH is 3. The standard InChI is InChI=1S/C9H17NO4S/c11-4-9(5-12,6-13)10-8(14)7-2-1-3-15-7/h7,11-13H,1-6H2,(H,10,14). The third kappa shape index (κ3) is 3.07. The molecule has 0 saturated carbocycles. The molecule has 1 aliphatic heterocycles. The molecular formula is C9H17NO4S. The molecule has 1 unspecified atom stereocenters. The molecule has 6 heteroatoms. The van der Waals surface area contributed by atoms with Crippen molar-refractivity contribution in [3.05, 3.63) is 0 Å². The molecule has 88 valence electrons. The van der Waals surface area contributed by atoms with Gasteiger partial charge in [0.05, 0.1) is 25.1 Å². The van der Waals surface area contributed by atoms with Gasteiger partial charge in [0.1, 0.15) is 5.54 Å². The van der Waals surface area contributed by atoms with Gasteiger partial charge < -0.3 is 20.6 Å². The summed E-state index contributed by atoms with van der Waals surface area (Å²) in [6.07, 6.45) is 1.82. The van der Waals surface area contributed by atoms with Gasteiger partial charge in [0, 0.05) is 0 Å². The van der Waals surface area contributed by atoms with Crippen LogP contribution in [0, 0.1) is 0 Å². The highest BCUT2D eigenvalue weighted by Gasteiger charge is 2.33. The Hall–Kier alpha value is -0.300. The molecule has 1 aliphatic rings. The summed E-state index contributed by atoms with van der Waals surface area (Å²) >= 11 is 1.57. The molecule has 0 spiro atoms. The van der Waals surface area contributed by atoms with Gasteiger partial charge in [-0.05, 0) is 18.6 Å². The first-order chi connectivity index (χ1) is 7.17. The van der Waals surface area contributed by atoms with E-state index in [1.54, 1.807) is 11.8 Å². The molecule has 5 nitrogen and oxygen atoms in total. The second-order valence-electron chi connectivity index (χ2n) is 3.75. The van der Waals surface area contributed by atoms with Crippen molar-refractivity contribution in [3.63, 3.8) is 0 Å². The van der Waals surface area contributed by atoms with Crippen molar-refractivity contribution in [2.24, 2.45) is 0 Å². The van der Waals surface area contributed by atoms with Crippen molar-refractivity contribution >= 4 is 17.7 Å². The number of carbonyl (C=O) groups is 1. The molecular weight excluding hydrogens is 218 g/mol. The number of rotatable bonds is 5. The van der Waals surface area contributed by atoms with Crippen LogP contribution < -0.4 is 5.32 Å². The fourth-order valence-corrected chi connectivity index (χ4v) is 2.56. The van der Waals surface area contributed by atoms with Crippen molar-refractivity contribution in [3.8, 4) is 0 Å². The maximum absolute atomic E-state index is 11.7. The second kappa shape index (κ2) is 5.69. The lowest BCUT2D eigenvalue weighted by molar-refractivity contribution is -0.124. The van der Waals surface area contributed by atoms with Gasteiger partial charge in [-0.3, -0.25) is 4.79 Å². The van der Waals surface area contributed by atoms with E-state index in [9.17, 15) is 4.79 Å². The zero-order chi connectivity index (χ0) is 11.3. The predicted molar refractivity (Wildman–Crippen MR) is 57.6 cm³/mol. The number of aliphatic hydroxyl groups is 3. The third-order valence-electron chi connectivity index (χ3n) is 2.52. The molecule has 1 amide bonds. The lowest BCUT2D eigenvalue weighted by atomic mass is 10.0. The van der Waals surface area contributed by atoms with Gasteiger partial charge >= 0.3 is 0 Å². The van der Waals surface area contributed by atoms with E-state index in [4.69, 9.17) is 15.3 Å². The van der Waals surface area contributed by atoms with Crippen LogP contribution in [0.4, 0.5) is 0 Å². The first-order valence-corrected chi connectivity index (χ1v) is 5.98. The highest BCUT2D eigenvalue weighted by atomic mass is 32.2. The Morgan fingerprint density at radius 2 is 1.93 bits per heavy atom. The van der Waals surface area contributed by atoms with E-state index in [-0.39, 0.29) is 11.2 Å². The Morgan fingerprint density at radius 1 is 1.33 bits per heavy atom. The van der Waals surface area contributed by atoms with Gasteiger partial charge in [-0.15, -0.1) is 11.8 Å². The van der Waals surface area contributed by atoms with Crippen LogP contribution in [0.25, 0.3) is 0 Å². The highest BCUT2D eigenvalue weighted by molar-refractivity contribution is 8.00. The fraction of sp³-hybridized carbons (Fsp3) is 0.889. The topological polar surface area (TPSA) is 89.8 Å². The van der Waals surface area contributed by atoms with Crippen LogP contribution in [0.1, 0.15) is 12.8 Å². The Morgan fingerprint density at radius 3 is 2.33 bits per heavy atom. The summed E-state index contributed by atoms with van der Waals surface area (Å²) in [5, 5.41) is 29.5. The average molecular weight is 235 g/mol. The number of carbonyl (C=O) groups excluding carboxylic acids is 1. The Balaban J connectivity index is 2.53. The second-order valence-corrected chi connectivity index (χ2v) is 5.06. The summed E-state index contributed by atoms with van der Waals surface area (Å²) in [6, 6.07) is 0. The number of hydrogen-bond acceptors (Lipinski definition) is 5. The maximum atomic E-state index is 11.7. The van der Waals surface area contributed by atoms with Crippen LogP contribution in [0.3, 0.4) is 0 Å². The normalized spacial score (nSPS) is 21.7. The lowest BCUT2D eigenvalue weighted by Gasteiger charge is -2.29. The third-order valence-corrected chi connectivity index (χ3v) is 3.90. The summed E-state index contributed by atoms with van der Waals surface area (Å²) in [7, 11) is 0. The number of nitrogens with one attached hydrogen (secondary N) is 1. The highest BCUT2D eigenvalue weighted by Crippen LogP contribution is 2.26. The van der Waals surface area contributed by atoms with Gasteiger partial charge in [0.25, 0.3) is 0 Å². The number of thioether (sulfide) groups is 1. The maximum Gasteiger partial charge on any atom is 0.233 e. The number of hydrogen-bond donors (Lipinski definition) is 4. The summed E-state index contributed by atoms with van der Waals surface area (Å²) < 4.78 is 0. The van der Waals surface area contributed by atoms with Crippen molar-refractivity contribution in [2.45, 2.75) is 23.6 Å². The van der Waals surface area contributed by atoms with Crippen LogP contribution in [-0.2, 0) is 4.79 Å². The van der Waals surface area contributed by atoms with Gasteiger partial charge in [-0.25, -0.2) is 0 Å². The van der Waals surface area contributed by atoms with Crippen LogP contribution in [-0.4, -0.2) is 57.6 Å². The minimum absolute atomic E-state index is 0.117. The van der Waals surface area contributed by atoms with Crippen LogP contribution >= 0.6 is 11.8 Å². The number of amides is 1. The quantitative estimate of drug-likeness (QED) is 0.476. The van der Waals surface area contributed by atoms with Gasteiger partial charge in [-0.2, -0.15) is 0 Å². The van der Waals surface area contributed by atoms with E-state index in [0.29, 0.717) is 0 Å². The van der Waals surface area contributed by atoms with E-state index in [0.717, 1.165) is 18.6 Å². The summed E-state index contributed by atoms with van der Waals surface area (Å²) in [4.78, 5) is 11.7. The molecule has 0 bridgehead atoms. The monoisotopic (exact) mass is 235 g/mol. The van der Waals surface area contributed by atoms with Crippen molar-refractivity contribution in [2.75, 3.05) is 25.6 Å². The minimum atomic E-state index is -1.29. The molecule has 0 aromatic carbocycles. The van der Waals surface area contributed by atoms with Crippen LogP contribution in [0.15, 0.2) is 0 Å². The minimum Gasteiger partial charge on any atom is -0.394 e. The Bertz CT molecular complexity index is 206. The van der Waals surface area contributed by atoms with E-state index >= 15 is 0 Å². The molecule has 15 heavy (non-hydrogen) atoms. The van der Waals surface area contributed by atoms with Crippen LogP contribution in [0.2, 0.25) is 0 Å². The summed E-state index contributed by atoms with van der Waals surface area (Å²) in [5.74, 6) is 0.747. The van der Waals surface area contributed by atoms with E-state index in [1.165, 1.54) is 0 Å². The SMILES string of the molecule is O=C(NC(CO)(CO)CO)C1CCCS1. The summed E-state index contributed by atoms with van der Waals surface area (Å²) in [5.41, 5.74) is -1.29. The van der Waals surface area contributed by atoms with Crippen molar-refractivity contribution < 1.29 is 20.1 Å². The fourth-order valence-electron chi connectivity index (χ4n) is 1.39. The van der Waals surface area contributed by atoms with Gasteiger partial charge in [-0.1, -0.05) is 0 Å². The molecule has 0 aromatic rings. The summed E-state index contributed by atoms with van der Waals surface area (Å²) in [6.45, 7) is -1.41. The van der Waals surface area contributed by atoms with Gasteiger partial charge in [0.2, 0.25) is 5.91 Å². The van der Waals surface area contributed by atoms with E-state index < -0.39 is 25.4 Å². The molecule has 1 rings (SSSR count). The van der Waals surface area contributed by atoms with E-state index in [2.05, 4.69) is 5.32 Å². The first kappa shape index (κ1) is 12.8. The molecule has 1 saturated heterocycles. The molecule has 1 heterocycles. The zero-order valence-corrected chi connectivity index (χ0v) is 9.29. The van der Waals surface area contributed by atoms with E-state index in [1.807, 2.05) is 0 Å². The predicted octanol–water partition coefficient (Wildman–Crippen LogP) is -1.29. The molecule has 0 radical (unpaired) electrons. The molecule has 0 aromatic heterocycles. The molecule has 4 N–H and O–H groups in total. The Kier molecular flexibility index (Phi) is 4.85. The van der Waals surface area contributed by atoms with Gasteiger partial charge in [0.15, 0.2) is 0 Å².